The first-order chi connectivity index (χ1) is 19.4. The third-order valence-electron chi connectivity index (χ3n) is 9.14. The van der Waals surface area contributed by atoms with E-state index in [9.17, 15) is 14.7 Å². The Bertz CT molecular complexity index is 1200. The predicted molar refractivity (Wildman–Crippen MR) is 156 cm³/mol. The summed E-state index contributed by atoms with van der Waals surface area (Å²) in [7, 11) is 1.88. The Morgan fingerprint density at radius 1 is 1.02 bits per heavy atom. The largest absolute Gasteiger partial charge is 0.481 e. The van der Waals surface area contributed by atoms with Crippen LogP contribution in [0.2, 0.25) is 0 Å². The van der Waals surface area contributed by atoms with Gasteiger partial charge in [-0.2, -0.15) is 0 Å². The molecule has 1 atom stereocenters. The van der Waals surface area contributed by atoms with Crippen LogP contribution in [-0.4, -0.2) is 51.9 Å². The number of guanidine groups is 1. The third kappa shape index (κ3) is 6.60. The zero-order chi connectivity index (χ0) is 28.1. The number of benzene rings is 2. The van der Waals surface area contributed by atoms with E-state index in [1.165, 1.54) is 19.3 Å². The summed E-state index contributed by atoms with van der Waals surface area (Å²) in [6, 6.07) is 15.9. The smallest absolute Gasteiger partial charge is 0.306 e. The zero-order valence-electron chi connectivity index (χ0n) is 23.5. The van der Waals surface area contributed by atoms with Gasteiger partial charge < -0.3 is 25.4 Å². The molecule has 2 aromatic carbocycles. The third-order valence-corrected chi connectivity index (χ3v) is 9.14. The van der Waals surface area contributed by atoms with Gasteiger partial charge in [0, 0.05) is 37.7 Å². The highest BCUT2D eigenvalue weighted by atomic mass is 16.5. The molecular weight excluding hydrogens is 504 g/mol. The molecule has 40 heavy (non-hydrogen) atoms. The molecule has 0 radical (unpaired) electrons. The molecule has 2 fully saturated rings. The molecule has 8 nitrogen and oxygen atoms in total. The van der Waals surface area contributed by atoms with Gasteiger partial charge in [-0.1, -0.05) is 37.5 Å². The molecule has 0 saturated heterocycles. The van der Waals surface area contributed by atoms with Crippen molar-refractivity contribution in [2.75, 3.05) is 7.05 Å². The molecule has 1 aliphatic heterocycles. The summed E-state index contributed by atoms with van der Waals surface area (Å²) < 4.78 is 6.08. The van der Waals surface area contributed by atoms with Gasteiger partial charge in [0.2, 0.25) is 5.91 Å². The number of carboxylic acid groups (broad SMARTS) is 1. The summed E-state index contributed by atoms with van der Waals surface area (Å²) in [4.78, 5) is 33.5. The van der Waals surface area contributed by atoms with Crippen LogP contribution in [0.5, 0.6) is 11.5 Å². The number of carbonyl (C=O) groups is 2. The quantitative estimate of drug-likeness (QED) is 0.395. The molecule has 1 amide bonds. The van der Waals surface area contributed by atoms with Crippen LogP contribution in [-0.2, 0) is 16.1 Å². The van der Waals surface area contributed by atoms with Crippen LogP contribution in [0, 0.1) is 11.8 Å². The predicted octanol–water partition coefficient (Wildman–Crippen LogP) is 6.07. The fraction of sp³-hybridized carbons (Fsp3) is 0.531. The lowest BCUT2D eigenvalue weighted by Gasteiger charge is -2.41. The number of hydrogen-bond acceptors (Lipinski definition) is 6. The Hall–Kier alpha value is -3.55. The summed E-state index contributed by atoms with van der Waals surface area (Å²) >= 11 is 0. The highest BCUT2D eigenvalue weighted by Gasteiger charge is 2.34. The van der Waals surface area contributed by atoms with Crippen LogP contribution in [0.3, 0.4) is 0 Å². The molecule has 2 aliphatic carbocycles. The van der Waals surface area contributed by atoms with Crippen LogP contribution >= 0.6 is 0 Å². The summed E-state index contributed by atoms with van der Waals surface area (Å²) in [6.45, 7) is 0.640. The van der Waals surface area contributed by atoms with Crippen molar-refractivity contribution in [1.82, 2.24) is 9.80 Å². The number of fused-ring (bicyclic) bond motifs is 1. The lowest BCUT2D eigenvalue weighted by Crippen LogP contribution is -2.49. The summed E-state index contributed by atoms with van der Waals surface area (Å²) in [6.07, 6.45) is 9.91. The Balaban J connectivity index is 1.27. The van der Waals surface area contributed by atoms with E-state index in [1.54, 1.807) is 0 Å². The molecule has 0 spiro atoms. The number of nitrogens with zero attached hydrogens (tertiary/aromatic N) is 3. The number of aliphatic carboxylic acids is 1. The first-order valence-corrected chi connectivity index (χ1v) is 14.8. The van der Waals surface area contributed by atoms with Gasteiger partial charge in [0.05, 0.1) is 11.6 Å². The topological polar surface area (TPSA) is 108 Å². The number of para-hydroxylation sites is 1. The average Bonchev–Trinajstić information content (AvgIpc) is 2.98. The van der Waals surface area contributed by atoms with Gasteiger partial charge in [0.1, 0.15) is 11.5 Å². The fourth-order valence-corrected chi connectivity index (χ4v) is 6.75. The highest BCUT2D eigenvalue weighted by Crippen LogP contribution is 2.37. The van der Waals surface area contributed by atoms with Crippen molar-refractivity contribution < 1.29 is 19.4 Å². The second-order valence-corrected chi connectivity index (χ2v) is 11.7. The molecule has 3 aliphatic rings. The molecule has 2 aromatic rings. The van der Waals surface area contributed by atoms with Crippen molar-refractivity contribution in [2.45, 2.75) is 89.3 Å². The lowest BCUT2D eigenvalue weighted by molar-refractivity contribution is -0.143. The average molecular weight is 547 g/mol. The van der Waals surface area contributed by atoms with E-state index < -0.39 is 5.97 Å². The number of nitrogens with two attached hydrogens (primary N) is 1. The second kappa shape index (κ2) is 12.7. The SMILES string of the molecule is CN(C(=O)CC[C@@H](C1CCCCC1)N1Cc2cc(Oc3ccccc3)ccc2N=C1N)[C@H]1CC[C@@H](C(=O)O)CC1. The van der Waals surface area contributed by atoms with Crippen molar-refractivity contribution in [1.29, 1.82) is 0 Å². The standard InChI is InChI=1S/C32H42N4O4/c1-35(25-14-12-23(13-15-25)31(38)39)30(37)19-18-29(22-8-4-2-5-9-22)36-21-24-20-27(16-17-28(24)34-32(36)33)40-26-10-6-3-7-11-26/h3,6-7,10-11,16-17,20,22-23,25,29H,2,4-5,8-9,12-15,18-19,21H2,1H3,(H2,33,34)(H,38,39)/t23-,25+,29-/m0/s1. The number of amides is 1. The van der Waals surface area contributed by atoms with E-state index in [-0.39, 0.29) is 23.9 Å². The monoisotopic (exact) mass is 546 g/mol. The van der Waals surface area contributed by atoms with E-state index in [0.717, 1.165) is 54.9 Å². The van der Waals surface area contributed by atoms with Gasteiger partial charge in [0.15, 0.2) is 5.96 Å². The first kappa shape index (κ1) is 28.0. The fourth-order valence-electron chi connectivity index (χ4n) is 6.75. The van der Waals surface area contributed by atoms with Crippen LogP contribution in [0.15, 0.2) is 53.5 Å². The van der Waals surface area contributed by atoms with E-state index in [1.807, 2.05) is 54.4 Å². The number of carbonyl (C=O) groups excluding carboxylic acids is 1. The van der Waals surface area contributed by atoms with Gasteiger partial charge in [-0.3, -0.25) is 9.59 Å². The zero-order valence-corrected chi connectivity index (χ0v) is 23.5. The number of carboxylic acids is 1. The van der Waals surface area contributed by atoms with Crippen molar-refractivity contribution in [3.63, 3.8) is 0 Å². The highest BCUT2D eigenvalue weighted by molar-refractivity contribution is 5.84. The summed E-state index contributed by atoms with van der Waals surface area (Å²) in [5, 5.41) is 9.32. The lowest BCUT2D eigenvalue weighted by atomic mass is 9.81. The van der Waals surface area contributed by atoms with Crippen molar-refractivity contribution in [3.05, 3.63) is 54.1 Å². The number of rotatable bonds is 9. The minimum atomic E-state index is -0.719. The van der Waals surface area contributed by atoms with Crippen LogP contribution < -0.4 is 10.5 Å². The van der Waals surface area contributed by atoms with E-state index in [4.69, 9.17) is 15.5 Å². The maximum atomic E-state index is 13.3. The van der Waals surface area contributed by atoms with Crippen molar-refractivity contribution >= 4 is 23.5 Å². The molecular formula is C32H42N4O4. The Morgan fingerprint density at radius 2 is 1.75 bits per heavy atom. The molecule has 214 valence electrons. The maximum Gasteiger partial charge on any atom is 0.306 e. The normalized spacial score (nSPS) is 22.1. The van der Waals surface area contributed by atoms with E-state index >= 15 is 0 Å². The molecule has 3 N–H and O–H groups in total. The summed E-state index contributed by atoms with van der Waals surface area (Å²) in [5.74, 6) is 1.68. The molecule has 0 bridgehead atoms. The molecule has 0 unspecified atom stereocenters. The molecule has 0 aromatic heterocycles. The van der Waals surface area contributed by atoms with Gasteiger partial charge in [0.25, 0.3) is 0 Å². The number of hydrogen-bond donors (Lipinski definition) is 2. The first-order valence-electron chi connectivity index (χ1n) is 14.8. The van der Waals surface area contributed by atoms with Crippen LogP contribution in [0.1, 0.15) is 76.2 Å². The minimum absolute atomic E-state index is 0.118. The number of aliphatic imine (C=N–C) groups is 1. The Labute approximate surface area is 237 Å². The van der Waals surface area contributed by atoms with Crippen LogP contribution in [0.4, 0.5) is 5.69 Å². The maximum absolute atomic E-state index is 13.3. The molecule has 8 heteroatoms. The van der Waals surface area contributed by atoms with Gasteiger partial charge in [-0.25, -0.2) is 4.99 Å². The van der Waals surface area contributed by atoms with E-state index in [2.05, 4.69) is 11.0 Å². The molecule has 2 saturated carbocycles. The molecule has 5 rings (SSSR count). The Morgan fingerprint density at radius 3 is 2.45 bits per heavy atom. The van der Waals surface area contributed by atoms with Gasteiger partial charge >= 0.3 is 5.97 Å². The Kier molecular flexibility index (Phi) is 8.92. The number of ether oxygens (including phenoxy) is 1. The van der Waals surface area contributed by atoms with E-state index in [0.29, 0.717) is 37.7 Å². The van der Waals surface area contributed by atoms with Crippen LogP contribution in [0.25, 0.3) is 0 Å². The molecule has 1 heterocycles. The second-order valence-electron chi connectivity index (χ2n) is 11.7. The van der Waals surface area contributed by atoms with Crippen molar-refractivity contribution in [3.8, 4) is 11.5 Å². The van der Waals surface area contributed by atoms with Gasteiger partial charge in [-0.05, 0) is 81.2 Å². The van der Waals surface area contributed by atoms with Gasteiger partial charge in [-0.15, -0.1) is 0 Å². The summed E-state index contributed by atoms with van der Waals surface area (Å²) in [5.41, 5.74) is 8.52. The van der Waals surface area contributed by atoms with Crippen molar-refractivity contribution in [2.24, 2.45) is 22.6 Å². The minimum Gasteiger partial charge on any atom is -0.481 e.